The second-order valence-electron chi connectivity index (χ2n) is 5.54. The minimum Gasteiger partial charge on any atom is -0.381 e. The molecule has 0 aromatic rings. The number of halogens is 1. The molecule has 7 heteroatoms. The van der Waals surface area contributed by atoms with E-state index in [4.69, 9.17) is 4.74 Å². The second kappa shape index (κ2) is 8.54. The van der Waals surface area contributed by atoms with E-state index < -0.39 is 10.0 Å². The number of hydrogen-bond acceptors (Lipinski definition) is 4. The van der Waals surface area contributed by atoms with Crippen LogP contribution in [-0.2, 0) is 14.8 Å². The van der Waals surface area contributed by atoms with Gasteiger partial charge in [0.05, 0.1) is 12.4 Å². The van der Waals surface area contributed by atoms with Crippen LogP contribution in [0.1, 0.15) is 32.6 Å². The van der Waals surface area contributed by atoms with Crippen molar-refractivity contribution in [3.8, 4) is 0 Å². The number of sulfonamides is 1. The fourth-order valence-corrected chi connectivity index (χ4v) is 3.78. The molecule has 1 heterocycles. The molecular formula is C13H27ClN2O3S. The monoisotopic (exact) mass is 326 g/mol. The Morgan fingerprint density at radius 1 is 1.20 bits per heavy atom. The van der Waals surface area contributed by atoms with E-state index in [1.807, 2.05) is 6.92 Å². The summed E-state index contributed by atoms with van der Waals surface area (Å²) < 4.78 is 30.9. The van der Waals surface area contributed by atoms with Crippen LogP contribution in [0.2, 0.25) is 0 Å². The third-order valence-corrected chi connectivity index (χ3v) is 5.76. The zero-order valence-electron chi connectivity index (χ0n) is 12.2. The van der Waals surface area contributed by atoms with Crippen molar-refractivity contribution in [1.82, 2.24) is 9.62 Å². The second-order valence-corrected chi connectivity index (χ2v) is 7.63. The first kappa shape index (κ1) is 18.2. The van der Waals surface area contributed by atoms with Crippen LogP contribution in [0.5, 0.6) is 0 Å². The molecule has 0 atom stereocenters. The predicted molar refractivity (Wildman–Crippen MR) is 82.8 cm³/mol. The molecule has 0 amide bonds. The lowest BCUT2D eigenvalue weighted by atomic mass is 10.1. The molecule has 0 bridgehead atoms. The number of ether oxygens (including phenoxy) is 1. The number of hydrogen-bond donors (Lipinski definition) is 1. The maximum absolute atomic E-state index is 12.1. The van der Waals surface area contributed by atoms with Crippen LogP contribution >= 0.6 is 12.4 Å². The van der Waals surface area contributed by atoms with Crippen molar-refractivity contribution < 1.29 is 13.2 Å². The van der Waals surface area contributed by atoms with Crippen LogP contribution in [0.4, 0.5) is 0 Å². The molecule has 120 valence electrons. The Kier molecular flexibility index (Phi) is 7.75. The minimum atomic E-state index is -3.12. The van der Waals surface area contributed by atoms with E-state index >= 15 is 0 Å². The lowest BCUT2D eigenvalue weighted by Crippen LogP contribution is -2.46. The van der Waals surface area contributed by atoms with Gasteiger partial charge in [-0.3, -0.25) is 0 Å². The first-order chi connectivity index (χ1) is 9.12. The summed E-state index contributed by atoms with van der Waals surface area (Å²) in [5, 5.41) is 3.56. The Morgan fingerprint density at radius 2 is 1.85 bits per heavy atom. The predicted octanol–water partition coefficient (Wildman–Crippen LogP) is 1.24. The molecule has 2 aliphatic rings. The lowest BCUT2D eigenvalue weighted by molar-refractivity contribution is 0.162. The average molecular weight is 327 g/mol. The maximum atomic E-state index is 12.1. The van der Waals surface area contributed by atoms with E-state index in [1.54, 1.807) is 4.31 Å². The highest BCUT2D eigenvalue weighted by Gasteiger charge is 2.28. The summed E-state index contributed by atoms with van der Waals surface area (Å²) in [4.78, 5) is 0. The van der Waals surface area contributed by atoms with Crippen LogP contribution in [0, 0.1) is 5.92 Å². The van der Waals surface area contributed by atoms with Crippen LogP contribution in [-0.4, -0.2) is 57.4 Å². The zero-order chi connectivity index (χ0) is 13.7. The smallest absolute Gasteiger partial charge is 0.216 e. The van der Waals surface area contributed by atoms with Crippen LogP contribution in [0.3, 0.4) is 0 Å². The van der Waals surface area contributed by atoms with Gasteiger partial charge in [0.25, 0.3) is 0 Å². The molecule has 0 unspecified atom stereocenters. The molecule has 0 aromatic heterocycles. The Bertz CT molecular complexity index is 366. The van der Waals surface area contributed by atoms with E-state index in [2.05, 4.69) is 5.32 Å². The molecule has 2 fully saturated rings. The highest BCUT2D eigenvalue weighted by molar-refractivity contribution is 7.89. The highest BCUT2D eigenvalue weighted by atomic mass is 35.5. The standard InChI is InChI=1S/C13H26N2O3S.ClH/c1-2-18-9-10-19(16,17)15-7-5-13(6-8-15)14-11-12-3-4-12;/h12-14H,2-11H2,1H3;1H. The van der Waals surface area contributed by atoms with Gasteiger partial charge in [0.2, 0.25) is 10.0 Å². The van der Waals surface area contributed by atoms with E-state index in [-0.39, 0.29) is 18.2 Å². The fourth-order valence-electron chi connectivity index (χ4n) is 2.43. The van der Waals surface area contributed by atoms with Gasteiger partial charge in [0.15, 0.2) is 0 Å². The van der Waals surface area contributed by atoms with Gasteiger partial charge in [-0.05, 0) is 45.1 Å². The third-order valence-electron chi connectivity index (χ3n) is 3.93. The highest BCUT2D eigenvalue weighted by Crippen LogP contribution is 2.28. The zero-order valence-corrected chi connectivity index (χ0v) is 13.8. The van der Waals surface area contributed by atoms with Crippen molar-refractivity contribution in [2.24, 2.45) is 5.92 Å². The molecule has 1 N–H and O–H groups in total. The molecule has 5 nitrogen and oxygen atoms in total. The topological polar surface area (TPSA) is 58.6 Å². The summed E-state index contributed by atoms with van der Waals surface area (Å²) >= 11 is 0. The van der Waals surface area contributed by atoms with E-state index in [0.29, 0.717) is 32.3 Å². The SMILES string of the molecule is CCOCCS(=O)(=O)N1CCC(NCC2CC2)CC1.Cl. The molecular weight excluding hydrogens is 300 g/mol. The van der Waals surface area contributed by atoms with Crippen molar-refractivity contribution in [1.29, 1.82) is 0 Å². The average Bonchev–Trinajstić information content (AvgIpc) is 3.21. The molecule has 2 rings (SSSR count). The summed E-state index contributed by atoms with van der Waals surface area (Å²) in [7, 11) is -3.12. The molecule has 1 saturated carbocycles. The number of nitrogens with one attached hydrogen (secondary N) is 1. The third kappa shape index (κ3) is 5.85. The summed E-state index contributed by atoms with van der Waals surface area (Å²) in [6.07, 6.45) is 4.58. The molecule has 0 radical (unpaired) electrons. The summed E-state index contributed by atoms with van der Waals surface area (Å²) in [6.45, 7) is 5.17. The Labute approximate surface area is 128 Å². The minimum absolute atomic E-state index is 0. The first-order valence-electron chi connectivity index (χ1n) is 7.40. The van der Waals surface area contributed by atoms with Gasteiger partial charge in [0, 0.05) is 25.7 Å². The fraction of sp³-hybridized carbons (Fsp3) is 1.00. The van der Waals surface area contributed by atoms with Crippen molar-refractivity contribution in [3.63, 3.8) is 0 Å². The molecule has 1 aliphatic heterocycles. The van der Waals surface area contributed by atoms with E-state index in [1.165, 1.54) is 12.8 Å². The van der Waals surface area contributed by atoms with E-state index in [0.717, 1.165) is 25.3 Å². The van der Waals surface area contributed by atoms with Crippen LogP contribution in [0.15, 0.2) is 0 Å². The Balaban J connectivity index is 0.00000200. The summed E-state index contributed by atoms with van der Waals surface area (Å²) in [5.41, 5.74) is 0. The molecule has 0 aromatic carbocycles. The van der Waals surface area contributed by atoms with Crippen molar-refractivity contribution in [2.45, 2.75) is 38.6 Å². The summed E-state index contributed by atoms with van der Waals surface area (Å²) in [5.74, 6) is 0.994. The Morgan fingerprint density at radius 3 is 2.40 bits per heavy atom. The molecule has 1 saturated heterocycles. The quantitative estimate of drug-likeness (QED) is 0.682. The van der Waals surface area contributed by atoms with Gasteiger partial charge in [-0.1, -0.05) is 0 Å². The lowest BCUT2D eigenvalue weighted by Gasteiger charge is -2.31. The molecule has 1 aliphatic carbocycles. The maximum Gasteiger partial charge on any atom is 0.216 e. The van der Waals surface area contributed by atoms with Gasteiger partial charge in [0.1, 0.15) is 0 Å². The van der Waals surface area contributed by atoms with Gasteiger partial charge in [-0.25, -0.2) is 12.7 Å². The first-order valence-corrected chi connectivity index (χ1v) is 9.01. The van der Waals surface area contributed by atoms with Gasteiger partial charge >= 0.3 is 0 Å². The van der Waals surface area contributed by atoms with Gasteiger partial charge in [-0.2, -0.15) is 0 Å². The van der Waals surface area contributed by atoms with Gasteiger partial charge < -0.3 is 10.1 Å². The number of nitrogens with zero attached hydrogens (tertiary/aromatic N) is 1. The summed E-state index contributed by atoms with van der Waals surface area (Å²) in [6, 6.07) is 0.499. The van der Waals surface area contributed by atoms with E-state index in [9.17, 15) is 8.42 Å². The normalized spacial score (nSPS) is 21.6. The number of rotatable bonds is 8. The van der Waals surface area contributed by atoms with Crippen molar-refractivity contribution >= 4 is 22.4 Å². The molecule has 0 spiro atoms. The largest absolute Gasteiger partial charge is 0.381 e. The van der Waals surface area contributed by atoms with Gasteiger partial charge in [-0.15, -0.1) is 12.4 Å². The van der Waals surface area contributed by atoms with Crippen molar-refractivity contribution in [2.75, 3.05) is 38.6 Å². The van der Waals surface area contributed by atoms with Crippen LogP contribution < -0.4 is 5.32 Å². The number of piperidine rings is 1. The van der Waals surface area contributed by atoms with Crippen molar-refractivity contribution in [3.05, 3.63) is 0 Å². The van der Waals surface area contributed by atoms with Crippen LogP contribution in [0.25, 0.3) is 0 Å². The molecule has 20 heavy (non-hydrogen) atoms. The Hall–Kier alpha value is 0.120.